The molecule has 3 nitrogen and oxygen atoms in total. The molecule has 0 saturated carbocycles. The number of aryl methyl sites for hydroxylation is 1. The van der Waals surface area contributed by atoms with Gasteiger partial charge in [-0.15, -0.1) is 0 Å². The van der Waals surface area contributed by atoms with Crippen molar-refractivity contribution < 1.29 is 4.79 Å². The van der Waals surface area contributed by atoms with Gasteiger partial charge in [0.05, 0.1) is 6.04 Å². The molecule has 124 valence electrons. The highest BCUT2D eigenvalue weighted by molar-refractivity contribution is 5.91. The second-order valence-corrected chi connectivity index (χ2v) is 6.39. The maximum absolute atomic E-state index is 12.1. The van der Waals surface area contributed by atoms with Gasteiger partial charge in [-0.05, 0) is 48.6 Å². The van der Waals surface area contributed by atoms with Crippen LogP contribution < -0.4 is 10.2 Å². The Hall–Kier alpha value is -2.55. The van der Waals surface area contributed by atoms with Gasteiger partial charge >= 0.3 is 0 Å². The van der Waals surface area contributed by atoms with E-state index < -0.39 is 0 Å². The van der Waals surface area contributed by atoms with Gasteiger partial charge in [0.25, 0.3) is 0 Å². The summed E-state index contributed by atoms with van der Waals surface area (Å²) < 4.78 is 0. The molecule has 0 radical (unpaired) electrons. The number of hydrogen-bond donors (Lipinski definition) is 1. The molecule has 1 heterocycles. The van der Waals surface area contributed by atoms with Crippen LogP contribution in [0.4, 0.5) is 5.69 Å². The lowest BCUT2D eigenvalue weighted by Gasteiger charge is -2.28. The predicted molar refractivity (Wildman–Crippen MR) is 100 cm³/mol. The molecule has 0 saturated heterocycles. The van der Waals surface area contributed by atoms with Gasteiger partial charge in [-0.1, -0.05) is 42.5 Å². The van der Waals surface area contributed by atoms with Crippen LogP contribution >= 0.6 is 0 Å². The van der Waals surface area contributed by atoms with Crippen LogP contribution in [0.2, 0.25) is 0 Å². The third-order valence-electron chi connectivity index (χ3n) is 4.54. The second-order valence-electron chi connectivity index (χ2n) is 6.39. The summed E-state index contributed by atoms with van der Waals surface area (Å²) in [6.45, 7) is 3.14. The van der Waals surface area contributed by atoms with E-state index in [0.717, 1.165) is 24.1 Å². The highest BCUT2D eigenvalue weighted by Gasteiger charge is 2.16. The Balaban J connectivity index is 1.65. The molecule has 1 atom stereocenters. The van der Waals surface area contributed by atoms with E-state index in [1.54, 1.807) is 6.08 Å². The van der Waals surface area contributed by atoms with Gasteiger partial charge < -0.3 is 10.2 Å². The van der Waals surface area contributed by atoms with Gasteiger partial charge in [0.1, 0.15) is 0 Å². The average Bonchev–Trinajstić information content (AvgIpc) is 2.61. The van der Waals surface area contributed by atoms with Crippen molar-refractivity contribution >= 4 is 17.7 Å². The number of amides is 1. The molecule has 0 bridgehead atoms. The highest BCUT2D eigenvalue weighted by atomic mass is 16.1. The second kappa shape index (κ2) is 7.35. The molecular formula is C21H24N2O. The molecule has 1 N–H and O–H groups in total. The Labute approximate surface area is 144 Å². The van der Waals surface area contributed by atoms with Crippen LogP contribution in [0.15, 0.2) is 54.6 Å². The quantitative estimate of drug-likeness (QED) is 0.865. The normalized spacial score (nSPS) is 15.2. The van der Waals surface area contributed by atoms with Crippen molar-refractivity contribution in [1.29, 1.82) is 0 Å². The molecule has 1 aliphatic rings. The molecular weight excluding hydrogens is 296 g/mol. The lowest BCUT2D eigenvalue weighted by molar-refractivity contribution is -0.117. The van der Waals surface area contributed by atoms with Gasteiger partial charge in [-0.25, -0.2) is 0 Å². The molecule has 0 fully saturated rings. The van der Waals surface area contributed by atoms with Gasteiger partial charge in [0.2, 0.25) is 5.91 Å². The summed E-state index contributed by atoms with van der Waals surface area (Å²) in [7, 11) is 2.14. The molecule has 0 aliphatic carbocycles. The molecule has 1 amide bonds. The Morgan fingerprint density at radius 2 is 2.00 bits per heavy atom. The minimum absolute atomic E-state index is 0.00421. The summed E-state index contributed by atoms with van der Waals surface area (Å²) in [6.07, 6.45) is 5.73. The Bertz CT molecular complexity index is 737. The Kier molecular flexibility index (Phi) is 4.99. The molecule has 0 aromatic heterocycles. The van der Waals surface area contributed by atoms with E-state index in [-0.39, 0.29) is 11.9 Å². The Morgan fingerprint density at radius 1 is 1.21 bits per heavy atom. The zero-order valence-electron chi connectivity index (χ0n) is 14.3. The molecule has 2 aromatic rings. The first-order valence-corrected chi connectivity index (χ1v) is 8.51. The van der Waals surface area contributed by atoms with E-state index in [2.05, 4.69) is 35.5 Å². The largest absolute Gasteiger partial charge is 0.374 e. The summed E-state index contributed by atoms with van der Waals surface area (Å²) >= 11 is 0. The number of carbonyl (C=O) groups is 1. The number of carbonyl (C=O) groups excluding carboxylic acids is 1. The molecule has 2 aromatic carbocycles. The third kappa shape index (κ3) is 3.85. The SMILES string of the molecule is CC(NC(=O)/C=C\c1ccccc1)c1ccc2c(c1)CCCN2C. The van der Waals surface area contributed by atoms with Crippen LogP contribution in [0.25, 0.3) is 6.08 Å². The van der Waals surface area contributed by atoms with Crippen molar-refractivity contribution in [2.75, 3.05) is 18.5 Å². The van der Waals surface area contributed by atoms with Crippen LogP contribution in [0.5, 0.6) is 0 Å². The number of hydrogen-bond acceptors (Lipinski definition) is 2. The minimum Gasteiger partial charge on any atom is -0.374 e. The Morgan fingerprint density at radius 3 is 2.79 bits per heavy atom. The first-order valence-electron chi connectivity index (χ1n) is 8.51. The van der Waals surface area contributed by atoms with E-state index in [1.807, 2.05) is 43.3 Å². The standard InChI is InChI=1S/C21H24N2O/c1-16(22-21(24)13-10-17-7-4-3-5-8-17)18-11-12-20-19(15-18)9-6-14-23(20)2/h3-5,7-8,10-13,15-16H,6,9,14H2,1-2H3,(H,22,24)/b13-10-. The summed E-state index contributed by atoms with van der Waals surface area (Å²) in [5.41, 5.74) is 4.87. The fourth-order valence-electron chi connectivity index (χ4n) is 3.16. The van der Waals surface area contributed by atoms with Crippen molar-refractivity contribution in [3.05, 3.63) is 71.3 Å². The fraction of sp³-hybridized carbons (Fsp3) is 0.286. The van der Waals surface area contributed by atoms with Crippen molar-refractivity contribution in [2.45, 2.75) is 25.8 Å². The van der Waals surface area contributed by atoms with Crippen molar-refractivity contribution in [3.63, 3.8) is 0 Å². The first-order chi connectivity index (χ1) is 11.6. The number of anilines is 1. The molecule has 24 heavy (non-hydrogen) atoms. The predicted octanol–water partition coefficient (Wildman–Crippen LogP) is 3.96. The smallest absolute Gasteiger partial charge is 0.244 e. The number of nitrogens with zero attached hydrogens (tertiary/aromatic N) is 1. The van der Waals surface area contributed by atoms with Crippen LogP contribution in [-0.2, 0) is 11.2 Å². The average molecular weight is 320 g/mol. The van der Waals surface area contributed by atoms with Crippen molar-refractivity contribution in [2.24, 2.45) is 0 Å². The fourth-order valence-corrected chi connectivity index (χ4v) is 3.16. The highest BCUT2D eigenvalue weighted by Crippen LogP contribution is 2.28. The maximum Gasteiger partial charge on any atom is 0.244 e. The topological polar surface area (TPSA) is 32.3 Å². The van der Waals surface area contributed by atoms with Crippen LogP contribution in [-0.4, -0.2) is 19.5 Å². The zero-order chi connectivity index (χ0) is 16.9. The molecule has 1 aliphatic heterocycles. The third-order valence-corrected chi connectivity index (χ3v) is 4.54. The summed E-state index contributed by atoms with van der Waals surface area (Å²) in [5, 5.41) is 3.05. The van der Waals surface area contributed by atoms with E-state index in [9.17, 15) is 4.79 Å². The monoisotopic (exact) mass is 320 g/mol. The molecule has 1 unspecified atom stereocenters. The van der Waals surface area contributed by atoms with Crippen molar-refractivity contribution in [1.82, 2.24) is 5.32 Å². The van der Waals surface area contributed by atoms with Gasteiger partial charge in [-0.2, -0.15) is 0 Å². The van der Waals surface area contributed by atoms with Crippen LogP contribution in [0, 0.1) is 0 Å². The summed E-state index contributed by atoms with van der Waals surface area (Å²) in [4.78, 5) is 14.4. The van der Waals surface area contributed by atoms with Crippen LogP contribution in [0.1, 0.15) is 36.1 Å². The maximum atomic E-state index is 12.1. The van der Waals surface area contributed by atoms with Gasteiger partial charge in [0.15, 0.2) is 0 Å². The molecule has 0 spiro atoms. The van der Waals surface area contributed by atoms with E-state index in [4.69, 9.17) is 0 Å². The summed E-state index contributed by atoms with van der Waals surface area (Å²) in [5.74, 6) is -0.0683. The van der Waals surface area contributed by atoms with E-state index >= 15 is 0 Å². The summed E-state index contributed by atoms with van der Waals surface area (Å²) in [6, 6.07) is 16.4. The number of nitrogens with one attached hydrogen (secondary N) is 1. The number of rotatable bonds is 4. The first kappa shape index (κ1) is 16.3. The van der Waals surface area contributed by atoms with Crippen molar-refractivity contribution in [3.8, 4) is 0 Å². The zero-order valence-corrected chi connectivity index (χ0v) is 14.3. The lowest BCUT2D eigenvalue weighted by atomic mass is 9.97. The minimum atomic E-state index is -0.0683. The lowest BCUT2D eigenvalue weighted by Crippen LogP contribution is -2.27. The molecule has 3 heteroatoms. The van der Waals surface area contributed by atoms with E-state index in [0.29, 0.717) is 0 Å². The van der Waals surface area contributed by atoms with Gasteiger partial charge in [0, 0.05) is 25.4 Å². The van der Waals surface area contributed by atoms with Crippen LogP contribution in [0.3, 0.4) is 0 Å². The van der Waals surface area contributed by atoms with E-state index in [1.165, 1.54) is 17.7 Å². The number of fused-ring (bicyclic) bond motifs is 1. The molecule has 3 rings (SSSR count). The number of benzene rings is 2. The van der Waals surface area contributed by atoms with Gasteiger partial charge in [-0.3, -0.25) is 4.79 Å².